The molecule has 0 aliphatic heterocycles. The van der Waals surface area contributed by atoms with Gasteiger partial charge in [0, 0.05) is 17.0 Å². The van der Waals surface area contributed by atoms with Crippen LogP contribution in [0.2, 0.25) is 5.02 Å². The molecule has 1 N–H and O–H groups in total. The van der Waals surface area contributed by atoms with Crippen molar-refractivity contribution in [2.45, 2.75) is 4.90 Å². The molecular formula is C14H11ClN2O3S. The van der Waals surface area contributed by atoms with Crippen molar-refractivity contribution in [1.29, 1.82) is 0 Å². The molecule has 0 spiro atoms. The molecule has 0 heterocycles. The number of carbonyl (C=O) groups excluding carboxylic acids is 1. The Bertz CT molecular complexity index is 665. The van der Waals surface area contributed by atoms with Crippen molar-refractivity contribution >= 4 is 40.6 Å². The first-order valence-corrected chi connectivity index (χ1v) is 7.34. The number of hydrogen-bond acceptors (Lipinski definition) is 4. The minimum atomic E-state index is -0.537. The van der Waals surface area contributed by atoms with Crippen LogP contribution in [0.4, 0.5) is 11.4 Å². The number of nitro benzene ring substituents is 1. The standard InChI is InChI=1S/C14H11ClN2O3S/c15-12-7-6-10(17(19)20)8-13(12)16-14(18)9-21-11-4-2-1-3-5-11/h1-8H,9H2,(H,16,18). The van der Waals surface area contributed by atoms with Crippen molar-refractivity contribution in [3.63, 3.8) is 0 Å². The first kappa shape index (κ1) is 15.3. The van der Waals surface area contributed by atoms with E-state index in [4.69, 9.17) is 11.6 Å². The maximum Gasteiger partial charge on any atom is 0.271 e. The van der Waals surface area contributed by atoms with Gasteiger partial charge in [-0.2, -0.15) is 0 Å². The van der Waals surface area contributed by atoms with Crippen LogP contribution in [-0.2, 0) is 4.79 Å². The number of nitrogens with zero attached hydrogens (tertiary/aromatic N) is 1. The number of amides is 1. The molecule has 1 amide bonds. The van der Waals surface area contributed by atoms with E-state index >= 15 is 0 Å². The fourth-order valence-corrected chi connectivity index (χ4v) is 2.46. The van der Waals surface area contributed by atoms with Gasteiger partial charge < -0.3 is 5.32 Å². The van der Waals surface area contributed by atoms with Gasteiger partial charge in [-0.15, -0.1) is 11.8 Å². The van der Waals surface area contributed by atoms with Crippen LogP contribution in [0.3, 0.4) is 0 Å². The highest BCUT2D eigenvalue weighted by Gasteiger charge is 2.12. The lowest BCUT2D eigenvalue weighted by molar-refractivity contribution is -0.384. The van der Waals surface area contributed by atoms with E-state index in [0.717, 1.165) is 4.90 Å². The summed E-state index contributed by atoms with van der Waals surface area (Å²) in [5.74, 6) is -0.0745. The number of rotatable bonds is 5. The lowest BCUT2D eigenvalue weighted by atomic mass is 10.3. The average Bonchev–Trinajstić information content (AvgIpc) is 2.48. The van der Waals surface area contributed by atoms with Crippen LogP contribution in [0.25, 0.3) is 0 Å². The number of nitro groups is 1. The summed E-state index contributed by atoms with van der Waals surface area (Å²) in [4.78, 5) is 23.0. The Hall–Kier alpha value is -2.05. The molecule has 0 aromatic heterocycles. The Morgan fingerprint density at radius 2 is 1.95 bits per heavy atom. The van der Waals surface area contributed by atoms with Crippen molar-refractivity contribution in [1.82, 2.24) is 0 Å². The maximum absolute atomic E-state index is 11.9. The molecule has 0 saturated carbocycles. The SMILES string of the molecule is O=C(CSc1ccccc1)Nc1cc([N+](=O)[O-])ccc1Cl. The summed E-state index contributed by atoms with van der Waals surface area (Å²) < 4.78 is 0. The summed E-state index contributed by atoms with van der Waals surface area (Å²) in [6.45, 7) is 0. The summed E-state index contributed by atoms with van der Waals surface area (Å²) in [5, 5.41) is 13.5. The van der Waals surface area contributed by atoms with Crippen molar-refractivity contribution in [3.8, 4) is 0 Å². The quantitative estimate of drug-likeness (QED) is 0.513. The van der Waals surface area contributed by atoms with Crippen molar-refractivity contribution in [3.05, 3.63) is 63.7 Å². The molecule has 0 aliphatic rings. The molecule has 108 valence electrons. The highest BCUT2D eigenvalue weighted by Crippen LogP contribution is 2.27. The third-order valence-corrected chi connectivity index (χ3v) is 3.89. The smallest absolute Gasteiger partial charge is 0.271 e. The van der Waals surface area contributed by atoms with Crippen LogP contribution >= 0.6 is 23.4 Å². The average molecular weight is 323 g/mol. The van der Waals surface area contributed by atoms with Crippen LogP contribution in [0.1, 0.15) is 0 Å². The zero-order chi connectivity index (χ0) is 15.2. The molecule has 21 heavy (non-hydrogen) atoms. The summed E-state index contributed by atoms with van der Waals surface area (Å²) in [7, 11) is 0. The third kappa shape index (κ3) is 4.47. The summed E-state index contributed by atoms with van der Waals surface area (Å²) in [6, 6.07) is 13.4. The highest BCUT2D eigenvalue weighted by molar-refractivity contribution is 8.00. The second kappa shape index (κ2) is 7.10. The summed E-state index contributed by atoms with van der Waals surface area (Å²) >= 11 is 7.29. The van der Waals surface area contributed by atoms with Gasteiger partial charge in [-0.3, -0.25) is 14.9 Å². The monoisotopic (exact) mass is 322 g/mol. The number of non-ortho nitro benzene ring substituents is 1. The Morgan fingerprint density at radius 1 is 1.24 bits per heavy atom. The zero-order valence-electron chi connectivity index (χ0n) is 10.8. The number of nitrogens with one attached hydrogen (secondary N) is 1. The number of halogens is 1. The van der Waals surface area contributed by atoms with Gasteiger partial charge in [-0.05, 0) is 18.2 Å². The van der Waals surface area contributed by atoms with Crippen LogP contribution in [0.5, 0.6) is 0 Å². The summed E-state index contributed by atoms with van der Waals surface area (Å²) in [5.41, 5.74) is 0.120. The Kier molecular flexibility index (Phi) is 5.19. The highest BCUT2D eigenvalue weighted by atomic mass is 35.5. The lowest BCUT2D eigenvalue weighted by Gasteiger charge is -2.07. The third-order valence-electron chi connectivity index (χ3n) is 2.55. The van der Waals surface area contributed by atoms with E-state index in [1.165, 1.54) is 30.0 Å². The number of carbonyl (C=O) groups is 1. The predicted molar refractivity (Wildman–Crippen MR) is 83.9 cm³/mol. The minimum absolute atomic E-state index is 0.120. The molecule has 0 aliphatic carbocycles. The van der Waals surface area contributed by atoms with Gasteiger partial charge in [-0.25, -0.2) is 0 Å². The molecule has 0 radical (unpaired) electrons. The normalized spacial score (nSPS) is 10.1. The molecule has 0 bridgehead atoms. The zero-order valence-corrected chi connectivity index (χ0v) is 12.4. The molecule has 5 nitrogen and oxygen atoms in total. The number of benzene rings is 2. The fourth-order valence-electron chi connectivity index (χ4n) is 1.57. The summed E-state index contributed by atoms with van der Waals surface area (Å²) in [6.07, 6.45) is 0. The number of hydrogen-bond donors (Lipinski definition) is 1. The van der Waals surface area contributed by atoms with E-state index in [0.29, 0.717) is 0 Å². The maximum atomic E-state index is 11.9. The van der Waals surface area contributed by atoms with Gasteiger partial charge in [0.05, 0.1) is 21.4 Å². The number of anilines is 1. The van der Waals surface area contributed by atoms with Crippen molar-refractivity contribution < 1.29 is 9.72 Å². The topological polar surface area (TPSA) is 72.2 Å². The predicted octanol–water partition coefficient (Wildman–Crippen LogP) is 3.98. The van der Waals surface area contributed by atoms with Gasteiger partial charge in [0.15, 0.2) is 0 Å². The molecule has 0 atom stereocenters. The van der Waals surface area contributed by atoms with Gasteiger partial charge in [0.1, 0.15) is 0 Å². The van der Waals surface area contributed by atoms with Crippen LogP contribution in [0.15, 0.2) is 53.4 Å². The van der Waals surface area contributed by atoms with Crippen LogP contribution < -0.4 is 5.32 Å². The Balaban J connectivity index is 1.99. The van der Waals surface area contributed by atoms with Gasteiger partial charge in [-0.1, -0.05) is 29.8 Å². The molecule has 0 fully saturated rings. The first-order chi connectivity index (χ1) is 10.1. The molecule has 0 unspecified atom stereocenters. The Labute approximate surface area is 130 Å². The van der Waals surface area contributed by atoms with Crippen LogP contribution in [0, 0.1) is 10.1 Å². The largest absolute Gasteiger partial charge is 0.324 e. The molecular weight excluding hydrogens is 312 g/mol. The second-order valence-electron chi connectivity index (χ2n) is 4.07. The second-order valence-corrected chi connectivity index (χ2v) is 5.53. The Morgan fingerprint density at radius 3 is 2.62 bits per heavy atom. The molecule has 2 aromatic carbocycles. The van der Waals surface area contributed by atoms with Crippen molar-refractivity contribution in [2.24, 2.45) is 0 Å². The molecule has 0 saturated heterocycles. The lowest BCUT2D eigenvalue weighted by Crippen LogP contribution is -2.14. The molecule has 2 aromatic rings. The van der Waals surface area contributed by atoms with Gasteiger partial charge >= 0.3 is 0 Å². The molecule has 7 heteroatoms. The molecule has 2 rings (SSSR count). The van der Waals surface area contributed by atoms with Crippen LogP contribution in [-0.4, -0.2) is 16.6 Å². The minimum Gasteiger partial charge on any atom is -0.324 e. The first-order valence-electron chi connectivity index (χ1n) is 5.98. The van der Waals surface area contributed by atoms with E-state index in [9.17, 15) is 14.9 Å². The van der Waals surface area contributed by atoms with Gasteiger partial charge in [0.25, 0.3) is 5.69 Å². The van der Waals surface area contributed by atoms with E-state index in [-0.39, 0.29) is 28.1 Å². The number of thioether (sulfide) groups is 1. The van der Waals surface area contributed by atoms with E-state index < -0.39 is 4.92 Å². The van der Waals surface area contributed by atoms with E-state index in [1.807, 2.05) is 30.3 Å². The van der Waals surface area contributed by atoms with E-state index in [1.54, 1.807) is 0 Å². The van der Waals surface area contributed by atoms with Gasteiger partial charge in [0.2, 0.25) is 5.91 Å². The fraction of sp³-hybridized carbons (Fsp3) is 0.0714. The van der Waals surface area contributed by atoms with E-state index in [2.05, 4.69) is 5.32 Å². The van der Waals surface area contributed by atoms with Crippen molar-refractivity contribution in [2.75, 3.05) is 11.1 Å².